The summed E-state index contributed by atoms with van der Waals surface area (Å²) in [7, 11) is -3.01. The number of sulfone groups is 1. The van der Waals surface area contributed by atoms with E-state index in [4.69, 9.17) is 9.47 Å². The van der Waals surface area contributed by atoms with E-state index in [1.165, 1.54) is 11.9 Å². The zero-order valence-electron chi connectivity index (χ0n) is 24.5. The molecule has 0 saturated carbocycles. The third-order valence-corrected chi connectivity index (χ3v) is 10.1. The molecule has 41 heavy (non-hydrogen) atoms. The fourth-order valence-electron chi connectivity index (χ4n) is 6.24. The highest BCUT2D eigenvalue weighted by Gasteiger charge is 2.39. The summed E-state index contributed by atoms with van der Waals surface area (Å²) < 4.78 is 36.1. The van der Waals surface area contributed by atoms with Crippen molar-refractivity contribution in [3.63, 3.8) is 0 Å². The van der Waals surface area contributed by atoms with Crippen molar-refractivity contribution in [2.75, 3.05) is 61.0 Å². The van der Waals surface area contributed by atoms with Crippen LogP contribution < -0.4 is 15.0 Å². The van der Waals surface area contributed by atoms with Crippen molar-refractivity contribution in [2.24, 2.45) is 0 Å². The van der Waals surface area contributed by atoms with Crippen LogP contribution in [0.15, 0.2) is 18.5 Å². The maximum absolute atomic E-state index is 12.5. The molecule has 0 spiro atoms. The number of nitrogens with zero attached hydrogens (tertiary/aromatic N) is 5. The molecule has 1 aromatic heterocycles. The number of fused-ring (bicyclic) bond motifs is 2. The molecule has 1 aromatic carbocycles. The Morgan fingerprint density at radius 2 is 1.83 bits per heavy atom. The van der Waals surface area contributed by atoms with Crippen LogP contribution in [0.25, 0.3) is 0 Å². The van der Waals surface area contributed by atoms with Crippen LogP contribution in [-0.2, 0) is 14.6 Å². The van der Waals surface area contributed by atoms with Crippen LogP contribution in [0, 0.1) is 6.92 Å². The lowest BCUT2D eigenvalue weighted by Gasteiger charge is -2.43. The van der Waals surface area contributed by atoms with E-state index in [0.29, 0.717) is 37.4 Å². The smallest absolute Gasteiger partial charge is 0.410 e. The summed E-state index contributed by atoms with van der Waals surface area (Å²) in [6, 6.07) is 4.74. The SMILES string of the molecule is Cc1cc(C2CN(C3CCN(C(=O)OC(C)(C)C)C3)C2)cc2c1O[C@H](C)c1c(ncnc1N1CCS(=O)(=O)CC1)N2. The van der Waals surface area contributed by atoms with E-state index in [9.17, 15) is 13.2 Å². The summed E-state index contributed by atoms with van der Waals surface area (Å²) in [5.74, 6) is 2.85. The Morgan fingerprint density at radius 1 is 1.10 bits per heavy atom. The van der Waals surface area contributed by atoms with Gasteiger partial charge in [0.1, 0.15) is 35.4 Å². The summed E-state index contributed by atoms with van der Waals surface area (Å²) in [5, 5.41) is 3.52. The van der Waals surface area contributed by atoms with Crippen LogP contribution >= 0.6 is 0 Å². The Kier molecular flexibility index (Phi) is 7.04. The first-order valence-electron chi connectivity index (χ1n) is 14.5. The normalized spacial score (nSPS) is 24.4. The highest BCUT2D eigenvalue weighted by atomic mass is 32.2. The molecule has 4 aliphatic heterocycles. The lowest BCUT2D eigenvalue weighted by molar-refractivity contribution is 0.0260. The molecule has 3 saturated heterocycles. The summed E-state index contributed by atoms with van der Waals surface area (Å²) in [6.07, 6.45) is 1.96. The van der Waals surface area contributed by atoms with Gasteiger partial charge >= 0.3 is 6.09 Å². The number of rotatable bonds is 3. The Hall–Kier alpha value is -3.12. The molecule has 6 rings (SSSR count). The van der Waals surface area contributed by atoms with Crippen molar-refractivity contribution in [3.05, 3.63) is 35.2 Å². The summed E-state index contributed by atoms with van der Waals surface area (Å²) in [4.78, 5) is 27.9. The maximum Gasteiger partial charge on any atom is 0.410 e. The molecule has 4 aliphatic rings. The summed E-state index contributed by atoms with van der Waals surface area (Å²) in [5.41, 5.74) is 3.54. The first kappa shape index (κ1) is 28.0. The van der Waals surface area contributed by atoms with Gasteiger partial charge in [0, 0.05) is 51.2 Å². The number of hydrogen-bond donors (Lipinski definition) is 1. The Morgan fingerprint density at radius 3 is 2.54 bits per heavy atom. The lowest BCUT2D eigenvalue weighted by atomic mass is 9.88. The van der Waals surface area contributed by atoms with E-state index >= 15 is 0 Å². The summed E-state index contributed by atoms with van der Waals surface area (Å²) in [6.45, 7) is 13.9. The average molecular weight is 585 g/mol. The van der Waals surface area contributed by atoms with Gasteiger partial charge in [-0.3, -0.25) is 4.90 Å². The zero-order chi connectivity index (χ0) is 29.1. The van der Waals surface area contributed by atoms with Gasteiger partial charge in [-0.05, 0) is 58.2 Å². The molecule has 1 N–H and O–H groups in total. The van der Waals surface area contributed by atoms with Crippen molar-refractivity contribution in [1.29, 1.82) is 0 Å². The second-order valence-corrected chi connectivity index (χ2v) is 15.0. The van der Waals surface area contributed by atoms with E-state index in [0.717, 1.165) is 54.4 Å². The van der Waals surface area contributed by atoms with E-state index in [1.807, 2.05) is 37.5 Å². The molecule has 0 bridgehead atoms. The van der Waals surface area contributed by atoms with E-state index in [1.54, 1.807) is 0 Å². The molecule has 11 nitrogen and oxygen atoms in total. The molecule has 12 heteroatoms. The van der Waals surface area contributed by atoms with Crippen molar-refractivity contribution in [2.45, 2.75) is 64.7 Å². The van der Waals surface area contributed by atoms with Gasteiger partial charge in [0.2, 0.25) is 0 Å². The first-order valence-corrected chi connectivity index (χ1v) is 16.3. The van der Waals surface area contributed by atoms with Crippen LogP contribution in [0.3, 0.4) is 0 Å². The van der Waals surface area contributed by atoms with E-state index in [2.05, 4.69) is 39.2 Å². The minimum absolute atomic E-state index is 0.120. The fraction of sp³-hybridized carbons (Fsp3) is 0.621. The summed E-state index contributed by atoms with van der Waals surface area (Å²) >= 11 is 0. The van der Waals surface area contributed by atoms with E-state index < -0.39 is 15.4 Å². The van der Waals surface area contributed by atoms with Crippen molar-refractivity contribution >= 4 is 33.3 Å². The number of benzene rings is 1. The number of ether oxygens (including phenoxy) is 2. The number of hydrogen-bond acceptors (Lipinski definition) is 10. The first-order chi connectivity index (χ1) is 19.4. The number of nitrogens with one attached hydrogen (secondary N) is 1. The third-order valence-electron chi connectivity index (χ3n) is 8.47. The Bertz CT molecular complexity index is 1440. The van der Waals surface area contributed by atoms with E-state index in [-0.39, 0.29) is 23.7 Å². The van der Waals surface area contributed by atoms with Gasteiger partial charge in [-0.2, -0.15) is 0 Å². The van der Waals surface area contributed by atoms with Gasteiger partial charge in [-0.1, -0.05) is 6.07 Å². The molecule has 2 aromatic rings. The average Bonchev–Trinajstić information content (AvgIpc) is 3.28. The molecule has 222 valence electrons. The quantitative estimate of drug-likeness (QED) is 0.573. The molecule has 3 fully saturated rings. The Labute approximate surface area is 242 Å². The maximum atomic E-state index is 12.5. The van der Waals surface area contributed by atoms with Crippen LogP contribution in [0.5, 0.6) is 5.75 Å². The molecule has 5 heterocycles. The topological polar surface area (TPSA) is 117 Å². The second kappa shape index (κ2) is 10.3. The predicted molar refractivity (Wildman–Crippen MR) is 157 cm³/mol. The molecule has 0 radical (unpaired) electrons. The van der Waals surface area contributed by atoms with Crippen molar-refractivity contribution in [1.82, 2.24) is 19.8 Å². The van der Waals surface area contributed by atoms with Crippen LogP contribution in [0.4, 0.5) is 22.1 Å². The lowest BCUT2D eigenvalue weighted by Crippen LogP contribution is -2.52. The molecule has 1 unspecified atom stereocenters. The standard InChI is InChI=1S/C29H40N6O5S/c1-18-12-20(21-14-35(15-21)22-6-7-34(16-22)28(36)40-29(3,4)5)13-23-25(18)39-19(2)24-26(32-23)30-17-31-27(24)33-8-10-41(37,38)11-9-33/h12-13,17,19,21-22H,6-11,14-16H2,1-5H3,(H,30,31,32)/t19-,22?/m1/s1. The number of likely N-dealkylation sites (tertiary alicyclic amines) is 2. The number of aryl methyl sites for hydroxylation is 1. The van der Waals surface area contributed by atoms with Crippen LogP contribution in [0.2, 0.25) is 0 Å². The van der Waals surface area contributed by atoms with Gasteiger partial charge in [-0.15, -0.1) is 0 Å². The number of carbonyl (C=O) groups is 1. The predicted octanol–water partition coefficient (Wildman–Crippen LogP) is 3.63. The third kappa shape index (κ3) is 5.68. The van der Waals surface area contributed by atoms with Gasteiger partial charge < -0.3 is 24.6 Å². The van der Waals surface area contributed by atoms with Gasteiger partial charge in [-0.25, -0.2) is 23.2 Å². The largest absolute Gasteiger partial charge is 0.483 e. The van der Waals surface area contributed by atoms with Crippen LogP contribution in [0.1, 0.15) is 62.8 Å². The fourth-order valence-corrected chi connectivity index (χ4v) is 7.44. The van der Waals surface area contributed by atoms with Crippen LogP contribution in [-0.4, -0.2) is 96.7 Å². The minimum atomic E-state index is -3.01. The molecular weight excluding hydrogens is 544 g/mol. The number of anilines is 3. The molecule has 2 atom stereocenters. The molecular formula is C29H40N6O5S. The Balaban J connectivity index is 1.16. The highest BCUT2D eigenvalue weighted by Crippen LogP contribution is 2.45. The highest BCUT2D eigenvalue weighted by molar-refractivity contribution is 7.91. The van der Waals surface area contributed by atoms with Crippen molar-refractivity contribution in [3.8, 4) is 5.75 Å². The molecule has 0 aliphatic carbocycles. The zero-order valence-corrected chi connectivity index (χ0v) is 25.3. The van der Waals surface area contributed by atoms with Gasteiger partial charge in [0.05, 0.1) is 22.8 Å². The minimum Gasteiger partial charge on any atom is -0.483 e. The molecule has 1 amide bonds. The second-order valence-electron chi connectivity index (χ2n) is 12.7. The number of aromatic nitrogens is 2. The number of amides is 1. The monoisotopic (exact) mass is 584 g/mol. The number of carbonyl (C=O) groups excluding carboxylic acids is 1. The van der Waals surface area contributed by atoms with Gasteiger partial charge in [0.25, 0.3) is 0 Å². The van der Waals surface area contributed by atoms with Crippen molar-refractivity contribution < 1.29 is 22.7 Å². The van der Waals surface area contributed by atoms with Gasteiger partial charge in [0.15, 0.2) is 9.84 Å².